The molecule has 40 heavy (non-hydrogen) atoms. The first-order valence-corrected chi connectivity index (χ1v) is 13.4. The number of hydrogen-bond donors (Lipinski definition) is 1. The van der Waals surface area contributed by atoms with Crippen molar-refractivity contribution in [1.82, 2.24) is 14.8 Å². The molecule has 0 saturated carbocycles. The third kappa shape index (κ3) is 4.52. The van der Waals surface area contributed by atoms with Gasteiger partial charge in [-0.05, 0) is 39.2 Å². The maximum atomic E-state index is 15.8. The van der Waals surface area contributed by atoms with Crippen molar-refractivity contribution >= 4 is 17.5 Å². The number of pyridine rings is 1. The lowest BCUT2D eigenvalue weighted by Crippen LogP contribution is -2.55. The largest absolute Gasteiger partial charge is 0.487 e. The molecule has 214 valence electrons. The van der Waals surface area contributed by atoms with Crippen LogP contribution in [0.15, 0.2) is 34.3 Å². The minimum absolute atomic E-state index is 0.0158. The molecule has 3 aliphatic heterocycles. The Bertz CT molecular complexity index is 1440. The third-order valence-corrected chi connectivity index (χ3v) is 8.01. The second kappa shape index (κ2) is 10.6. The molecular formula is C28H31F3N4O5. The highest BCUT2D eigenvalue weighted by Crippen LogP contribution is 2.47. The Balaban J connectivity index is 1.61. The monoisotopic (exact) mass is 560 g/mol. The van der Waals surface area contributed by atoms with E-state index in [0.717, 1.165) is 12.5 Å². The van der Waals surface area contributed by atoms with Crippen LogP contribution in [0.2, 0.25) is 0 Å². The summed E-state index contributed by atoms with van der Waals surface area (Å²) in [4.78, 5) is 48.0. The van der Waals surface area contributed by atoms with Gasteiger partial charge in [0.1, 0.15) is 17.2 Å². The van der Waals surface area contributed by atoms with Crippen molar-refractivity contribution in [2.24, 2.45) is 5.16 Å². The summed E-state index contributed by atoms with van der Waals surface area (Å²) < 4.78 is 50.5. The Morgan fingerprint density at radius 2 is 2.08 bits per heavy atom. The number of nitrogens with one attached hydrogen (secondary N) is 1. The number of hydrogen-bond acceptors (Lipinski definition) is 6. The molecule has 1 spiro atoms. The summed E-state index contributed by atoms with van der Waals surface area (Å²) in [6.07, 6.45) is 1.67. The topological polar surface area (TPSA) is 102 Å². The summed E-state index contributed by atoms with van der Waals surface area (Å²) >= 11 is 0. The van der Waals surface area contributed by atoms with E-state index < -0.39 is 46.7 Å². The van der Waals surface area contributed by atoms with Gasteiger partial charge in [-0.2, -0.15) is 0 Å². The maximum Gasteiger partial charge on any atom is 0.274 e. The van der Waals surface area contributed by atoms with Crippen molar-refractivity contribution < 1.29 is 32.3 Å². The highest BCUT2D eigenvalue weighted by molar-refractivity contribution is 5.99. The molecule has 0 unspecified atom stereocenters. The molecule has 9 nitrogen and oxygen atoms in total. The summed E-state index contributed by atoms with van der Waals surface area (Å²) in [6, 6.07) is 1.84. The van der Waals surface area contributed by atoms with Crippen LogP contribution in [0.25, 0.3) is 0 Å². The number of aromatic nitrogens is 1. The van der Waals surface area contributed by atoms with Gasteiger partial charge in [-0.15, -0.1) is 0 Å². The quantitative estimate of drug-likeness (QED) is 0.518. The molecule has 4 atom stereocenters. The van der Waals surface area contributed by atoms with Gasteiger partial charge in [0.05, 0.1) is 18.4 Å². The minimum atomic E-state index is -1.58. The van der Waals surface area contributed by atoms with Gasteiger partial charge in [-0.1, -0.05) is 24.6 Å². The molecule has 5 rings (SSSR count). The van der Waals surface area contributed by atoms with Crippen molar-refractivity contribution in [3.05, 3.63) is 63.1 Å². The Morgan fingerprint density at radius 3 is 2.75 bits per heavy atom. The Morgan fingerprint density at radius 1 is 1.30 bits per heavy atom. The lowest BCUT2D eigenvalue weighted by molar-refractivity contribution is -0.0956. The summed E-state index contributed by atoms with van der Waals surface area (Å²) in [7, 11) is 0. The molecule has 1 aromatic heterocycles. The fourth-order valence-electron chi connectivity index (χ4n) is 5.64. The number of fused-ring (bicyclic) bond motifs is 5. The van der Waals surface area contributed by atoms with Crippen LogP contribution in [0.3, 0.4) is 0 Å². The van der Waals surface area contributed by atoms with Gasteiger partial charge >= 0.3 is 0 Å². The van der Waals surface area contributed by atoms with Crippen LogP contribution in [0, 0.1) is 11.6 Å². The highest BCUT2D eigenvalue weighted by atomic mass is 19.1. The number of amides is 2. The molecule has 0 radical (unpaired) electrons. The van der Waals surface area contributed by atoms with Crippen molar-refractivity contribution in [3.63, 3.8) is 0 Å². The van der Waals surface area contributed by atoms with Gasteiger partial charge in [0, 0.05) is 37.0 Å². The SMILES string of the molecule is CCCCOc1c2n(cc(C(=O)NCc3ccc(F)cc3F)c1=O)[C@@H]1CN(C2=O)[C@@H](C)CC[C@@]12ON=C(C)[C@@H]2F. The number of unbranched alkanes of at least 4 members (excludes halogenated alkanes) is 1. The molecule has 0 aliphatic carbocycles. The summed E-state index contributed by atoms with van der Waals surface area (Å²) in [5, 5.41) is 6.41. The zero-order chi connectivity index (χ0) is 28.8. The molecule has 1 fully saturated rings. The summed E-state index contributed by atoms with van der Waals surface area (Å²) in [6.45, 7) is 5.19. The Kier molecular flexibility index (Phi) is 7.36. The van der Waals surface area contributed by atoms with Crippen molar-refractivity contribution in [2.45, 2.75) is 76.9 Å². The molecule has 1 N–H and O–H groups in total. The van der Waals surface area contributed by atoms with Crippen LogP contribution in [0.5, 0.6) is 5.75 Å². The summed E-state index contributed by atoms with van der Waals surface area (Å²) in [5.41, 5.74) is -2.53. The van der Waals surface area contributed by atoms with E-state index in [9.17, 15) is 23.2 Å². The van der Waals surface area contributed by atoms with E-state index in [1.165, 1.54) is 23.8 Å². The van der Waals surface area contributed by atoms with Gasteiger partial charge in [-0.25, -0.2) is 13.2 Å². The predicted octanol–water partition coefficient (Wildman–Crippen LogP) is 3.90. The van der Waals surface area contributed by atoms with Gasteiger partial charge < -0.3 is 24.4 Å². The number of carbonyl (C=O) groups excluding carboxylic acids is 2. The number of rotatable bonds is 7. The van der Waals surface area contributed by atoms with E-state index in [1.807, 2.05) is 13.8 Å². The Hall–Kier alpha value is -3.83. The standard InChI is InChI=1S/C28H31F3N4O5/c1-4-5-10-39-24-22-27(38)34-14-21(28(9-8-15(34)2)25(31)16(3)33-40-28)35(22)13-19(23(24)36)26(37)32-12-17-6-7-18(29)11-20(17)30/h6-7,11,13,15,21,25H,4-5,8-10,12,14H2,1-3H3,(H,32,37)/t15-,21+,25-,28+/m0/s1. The first-order valence-electron chi connectivity index (χ1n) is 13.4. The number of halogens is 3. The van der Waals surface area contributed by atoms with E-state index in [4.69, 9.17) is 9.57 Å². The molecule has 2 amide bonds. The van der Waals surface area contributed by atoms with Crippen molar-refractivity contribution in [1.29, 1.82) is 0 Å². The van der Waals surface area contributed by atoms with Crippen molar-refractivity contribution in [2.75, 3.05) is 13.2 Å². The number of benzene rings is 1. The van der Waals surface area contributed by atoms with Gasteiger partial charge in [0.2, 0.25) is 5.43 Å². The minimum Gasteiger partial charge on any atom is -0.487 e. The van der Waals surface area contributed by atoms with Crippen LogP contribution in [0.4, 0.5) is 13.2 Å². The zero-order valence-electron chi connectivity index (χ0n) is 22.5. The maximum absolute atomic E-state index is 15.8. The van der Waals surface area contributed by atoms with Crippen molar-refractivity contribution in [3.8, 4) is 5.75 Å². The molecule has 3 aliphatic rings. The van der Waals surface area contributed by atoms with E-state index >= 15 is 4.39 Å². The number of carbonyl (C=O) groups is 2. The fraction of sp³-hybridized carbons (Fsp3) is 0.500. The van der Waals surface area contributed by atoms with Gasteiger partial charge in [0.15, 0.2) is 23.2 Å². The first-order chi connectivity index (χ1) is 19.1. The van der Waals surface area contributed by atoms with E-state index in [2.05, 4.69) is 10.5 Å². The van der Waals surface area contributed by atoms with Crippen LogP contribution < -0.4 is 15.5 Å². The zero-order valence-corrected chi connectivity index (χ0v) is 22.5. The third-order valence-electron chi connectivity index (χ3n) is 8.01. The summed E-state index contributed by atoms with van der Waals surface area (Å²) in [5.74, 6) is -3.24. The van der Waals surface area contributed by atoms with E-state index in [-0.39, 0.29) is 60.4 Å². The highest BCUT2D eigenvalue weighted by Gasteiger charge is 2.59. The lowest BCUT2D eigenvalue weighted by Gasteiger charge is -2.42. The molecule has 4 heterocycles. The molecule has 12 heteroatoms. The lowest BCUT2D eigenvalue weighted by atomic mass is 9.82. The normalized spacial score (nSPS) is 25.2. The average molecular weight is 561 g/mol. The number of ether oxygens (including phenoxy) is 1. The second-order valence-corrected chi connectivity index (χ2v) is 10.6. The van der Waals surface area contributed by atoms with Crippen LogP contribution >= 0.6 is 0 Å². The van der Waals surface area contributed by atoms with Crippen LogP contribution in [-0.4, -0.2) is 58.0 Å². The number of alkyl halides is 1. The second-order valence-electron chi connectivity index (χ2n) is 10.6. The average Bonchev–Trinajstić information content (AvgIpc) is 3.13. The van der Waals surface area contributed by atoms with Crippen LogP contribution in [0.1, 0.15) is 78.9 Å². The van der Waals surface area contributed by atoms with Gasteiger partial charge in [-0.3, -0.25) is 14.4 Å². The van der Waals surface area contributed by atoms with E-state index in [1.54, 1.807) is 4.90 Å². The fourth-order valence-corrected chi connectivity index (χ4v) is 5.64. The van der Waals surface area contributed by atoms with E-state index in [0.29, 0.717) is 18.9 Å². The molecular weight excluding hydrogens is 529 g/mol. The number of oxime groups is 1. The molecule has 1 aromatic carbocycles. The molecule has 2 bridgehead atoms. The predicted molar refractivity (Wildman–Crippen MR) is 139 cm³/mol. The number of nitrogens with zero attached hydrogens (tertiary/aromatic N) is 3. The van der Waals surface area contributed by atoms with Gasteiger partial charge in [0.25, 0.3) is 11.8 Å². The van der Waals surface area contributed by atoms with Crippen LogP contribution in [-0.2, 0) is 11.4 Å². The smallest absolute Gasteiger partial charge is 0.274 e. The Labute approximate surface area is 228 Å². The first kappa shape index (κ1) is 27.7. The molecule has 1 saturated heterocycles. The molecule has 2 aromatic rings.